The molecule has 0 saturated carbocycles. The second kappa shape index (κ2) is 35.0. The monoisotopic (exact) mass is 508 g/mol. The van der Waals surface area contributed by atoms with Gasteiger partial charge in [-0.3, -0.25) is 0 Å². The van der Waals surface area contributed by atoms with Gasteiger partial charge in [0.1, 0.15) is 0 Å². The SMILES string of the molecule is C=C.CCCCCCCCCCCCCOCCCCCCCCCCCCC.O=P(O)(O)O. The van der Waals surface area contributed by atoms with Crippen molar-refractivity contribution in [2.45, 2.75) is 155 Å². The molecule has 0 fully saturated rings. The molecule has 0 amide bonds. The number of hydrogen-bond acceptors (Lipinski definition) is 2. The molecule has 0 aromatic heterocycles. The molecule has 0 spiro atoms. The highest BCUT2D eigenvalue weighted by atomic mass is 31.2. The minimum atomic E-state index is -4.64. The van der Waals surface area contributed by atoms with Crippen LogP contribution in [0.2, 0.25) is 0 Å². The number of phosphoric acid groups is 1. The van der Waals surface area contributed by atoms with E-state index in [2.05, 4.69) is 27.0 Å². The van der Waals surface area contributed by atoms with Crippen LogP contribution in [0.25, 0.3) is 0 Å². The van der Waals surface area contributed by atoms with Gasteiger partial charge in [-0.25, -0.2) is 4.57 Å². The predicted molar refractivity (Wildman–Crippen MR) is 149 cm³/mol. The zero-order valence-electron chi connectivity index (χ0n) is 23.0. The molecule has 0 aromatic rings. The van der Waals surface area contributed by atoms with Crippen molar-refractivity contribution >= 4 is 7.82 Å². The van der Waals surface area contributed by atoms with E-state index in [-0.39, 0.29) is 0 Å². The van der Waals surface area contributed by atoms with Crippen molar-refractivity contribution < 1.29 is 24.0 Å². The van der Waals surface area contributed by atoms with Crippen LogP contribution in [0, 0.1) is 0 Å². The van der Waals surface area contributed by atoms with Crippen molar-refractivity contribution in [2.24, 2.45) is 0 Å². The third kappa shape index (κ3) is 53.3. The van der Waals surface area contributed by atoms with E-state index >= 15 is 0 Å². The number of unbranched alkanes of at least 4 members (excludes halogenated alkanes) is 20. The minimum Gasteiger partial charge on any atom is -0.381 e. The van der Waals surface area contributed by atoms with Gasteiger partial charge < -0.3 is 19.4 Å². The van der Waals surface area contributed by atoms with Crippen LogP contribution in [-0.2, 0) is 9.30 Å². The summed E-state index contributed by atoms with van der Waals surface area (Å²) in [5.74, 6) is 0. The first-order valence-corrected chi connectivity index (χ1v) is 15.8. The van der Waals surface area contributed by atoms with Crippen LogP contribution in [0.4, 0.5) is 0 Å². The van der Waals surface area contributed by atoms with Gasteiger partial charge in [0.15, 0.2) is 0 Å². The summed E-state index contributed by atoms with van der Waals surface area (Å²) in [5, 5.41) is 0. The molecule has 34 heavy (non-hydrogen) atoms. The molecule has 5 nitrogen and oxygen atoms in total. The summed E-state index contributed by atoms with van der Waals surface area (Å²) in [6, 6.07) is 0. The van der Waals surface area contributed by atoms with Crippen LogP contribution in [-0.4, -0.2) is 27.9 Å². The maximum atomic E-state index is 8.88. The van der Waals surface area contributed by atoms with Gasteiger partial charge in [0.05, 0.1) is 0 Å². The Kier molecular flexibility index (Phi) is 39.4. The fourth-order valence-corrected chi connectivity index (χ4v) is 3.84. The molecular weight excluding hydrogens is 447 g/mol. The molecule has 0 aliphatic rings. The van der Waals surface area contributed by atoms with Crippen molar-refractivity contribution in [3.63, 3.8) is 0 Å². The van der Waals surface area contributed by atoms with E-state index in [1.54, 1.807) is 0 Å². The van der Waals surface area contributed by atoms with E-state index in [0.29, 0.717) is 0 Å². The topological polar surface area (TPSA) is 87.0 Å². The van der Waals surface area contributed by atoms with Gasteiger partial charge in [0.25, 0.3) is 0 Å². The average Bonchev–Trinajstić information content (AvgIpc) is 2.80. The molecule has 0 bridgehead atoms. The maximum Gasteiger partial charge on any atom is 0.466 e. The van der Waals surface area contributed by atoms with Crippen molar-refractivity contribution in [3.8, 4) is 0 Å². The summed E-state index contributed by atoms with van der Waals surface area (Å²) in [7, 11) is -4.64. The van der Waals surface area contributed by atoms with Crippen molar-refractivity contribution in [3.05, 3.63) is 13.2 Å². The molecule has 0 atom stereocenters. The lowest BCUT2D eigenvalue weighted by atomic mass is 10.1. The van der Waals surface area contributed by atoms with Gasteiger partial charge >= 0.3 is 7.82 Å². The van der Waals surface area contributed by atoms with Crippen LogP contribution < -0.4 is 0 Å². The molecule has 0 radical (unpaired) electrons. The van der Waals surface area contributed by atoms with Crippen molar-refractivity contribution in [1.29, 1.82) is 0 Å². The van der Waals surface area contributed by atoms with E-state index in [4.69, 9.17) is 24.0 Å². The molecule has 0 heterocycles. The molecule has 208 valence electrons. The largest absolute Gasteiger partial charge is 0.466 e. The normalized spacial score (nSPS) is 10.9. The first kappa shape index (κ1) is 38.3. The standard InChI is InChI=1S/C26H54O.C2H4.H3O4P/c1-3-5-7-9-11-13-15-17-19-21-23-25-27-26-24-22-20-18-16-14-12-10-8-6-4-2;1-2;1-5(2,3)4/h3-26H2,1-2H3;1-2H2;(H3,1,2,3,4). The van der Waals surface area contributed by atoms with Crippen molar-refractivity contribution in [1.82, 2.24) is 0 Å². The quantitative estimate of drug-likeness (QED) is 0.0686. The predicted octanol–water partition coefficient (Wildman–Crippen LogP) is 9.50. The lowest BCUT2D eigenvalue weighted by Gasteiger charge is -2.05. The Hall–Kier alpha value is -0.190. The summed E-state index contributed by atoms with van der Waals surface area (Å²) in [6.45, 7) is 12.6. The Labute approximate surface area is 213 Å². The Bertz CT molecular complexity index is 355. The second-order valence-electron chi connectivity index (χ2n) is 9.20. The Balaban J connectivity index is -0.00000120. The Morgan fingerprint density at radius 1 is 0.471 bits per heavy atom. The molecule has 0 aliphatic heterocycles. The van der Waals surface area contributed by atoms with E-state index in [1.807, 2.05) is 0 Å². The second-order valence-corrected chi connectivity index (χ2v) is 10.2. The number of rotatable bonds is 24. The van der Waals surface area contributed by atoms with Crippen LogP contribution in [0.5, 0.6) is 0 Å². The lowest BCUT2D eigenvalue weighted by Crippen LogP contribution is -1.97. The van der Waals surface area contributed by atoms with Gasteiger partial charge in [-0.05, 0) is 12.8 Å². The third-order valence-electron chi connectivity index (χ3n) is 5.78. The zero-order chi connectivity index (χ0) is 26.2. The Morgan fingerprint density at radius 2 is 0.647 bits per heavy atom. The molecule has 0 aliphatic carbocycles. The smallest absolute Gasteiger partial charge is 0.381 e. The molecule has 0 saturated heterocycles. The van der Waals surface area contributed by atoms with Crippen LogP contribution in [0.3, 0.4) is 0 Å². The van der Waals surface area contributed by atoms with Gasteiger partial charge in [-0.1, -0.05) is 142 Å². The third-order valence-corrected chi connectivity index (χ3v) is 5.78. The molecule has 3 N–H and O–H groups in total. The fourth-order valence-electron chi connectivity index (χ4n) is 3.84. The molecule has 0 aromatic carbocycles. The average molecular weight is 509 g/mol. The summed E-state index contributed by atoms with van der Waals surface area (Å²) in [5.41, 5.74) is 0. The first-order chi connectivity index (χ1) is 16.4. The highest BCUT2D eigenvalue weighted by Gasteiger charge is 2.00. The fraction of sp³-hybridized carbons (Fsp3) is 0.929. The van der Waals surface area contributed by atoms with Crippen LogP contribution in [0.1, 0.15) is 155 Å². The zero-order valence-corrected chi connectivity index (χ0v) is 23.9. The van der Waals surface area contributed by atoms with Gasteiger partial charge in [-0.15, -0.1) is 13.2 Å². The molecule has 0 unspecified atom stereocenters. The Morgan fingerprint density at radius 3 is 0.853 bits per heavy atom. The minimum absolute atomic E-state index is 0.995. The first-order valence-electron chi connectivity index (χ1n) is 14.3. The van der Waals surface area contributed by atoms with Crippen LogP contribution >= 0.6 is 7.82 Å². The summed E-state index contributed by atoms with van der Waals surface area (Å²) < 4.78 is 14.7. The molecular formula is C28H61O5P. The van der Waals surface area contributed by atoms with E-state index in [0.717, 1.165) is 13.2 Å². The molecule has 6 heteroatoms. The molecule has 0 rings (SSSR count). The van der Waals surface area contributed by atoms with Gasteiger partial charge in [0, 0.05) is 13.2 Å². The number of hydrogen-bond donors (Lipinski definition) is 3. The van der Waals surface area contributed by atoms with E-state index in [1.165, 1.54) is 141 Å². The summed E-state index contributed by atoms with van der Waals surface area (Å²) in [6.07, 6.45) is 31.1. The summed E-state index contributed by atoms with van der Waals surface area (Å²) >= 11 is 0. The highest BCUT2D eigenvalue weighted by Crippen LogP contribution is 2.25. The van der Waals surface area contributed by atoms with Crippen molar-refractivity contribution in [2.75, 3.05) is 13.2 Å². The number of ether oxygens (including phenoxy) is 1. The van der Waals surface area contributed by atoms with E-state index in [9.17, 15) is 0 Å². The lowest BCUT2D eigenvalue weighted by molar-refractivity contribution is 0.125. The van der Waals surface area contributed by atoms with E-state index < -0.39 is 7.82 Å². The van der Waals surface area contributed by atoms with Crippen LogP contribution in [0.15, 0.2) is 13.2 Å². The summed E-state index contributed by atoms with van der Waals surface area (Å²) in [4.78, 5) is 21.6. The maximum absolute atomic E-state index is 8.88. The van der Waals surface area contributed by atoms with Gasteiger partial charge in [-0.2, -0.15) is 0 Å². The highest BCUT2D eigenvalue weighted by molar-refractivity contribution is 7.45. The van der Waals surface area contributed by atoms with Gasteiger partial charge in [0.2, 0.25) is 0 Å².